The van der Waals surface area contributed by atoms with Crippen LogP contribution in [0.4, 0.5) is 5.82 Å². The van der Waals surface area contributed by atoms with Crippen molar-refractivity contribution in [2.75, 3.05) is 19.0 Å². The Labute approximate surface area is 191 Å². The number of hydrogen-bond donors (Lipinski definition) is 1. The molecule has 2 heterocycles. The van der Waals surface area contributed by atoms with Gasteiger partial charge in [-0.15, -0.1) is 11.3 Å². The summed E-state index contributed by atoms with van der Waals surface area (Å²) in [5.74, 6) is 1.24. The molecule has 1 aliphatic rings. The third-order valence-corrected chi connectivity index (χ3v) is 7.11. The van der Waals surface area contributed by atoms with Crippen LogP contribution in [0, 0.1) is 0 Å². The van der Waals surface area contributed by atoms with Gasteiger partial charge in [-0.3, -0.25) is 0 Å². The summed E-state index contributed by atoms with van der Waals surface area (Å²) in [6.45, 7) is 0.807. The largest absolute Gasteiger partial charge is 0.465 e. The Morgan fingerprint density at radius 3 is 2.59 bits per heavy atom. The van der Waals surface area contributed by atoms with Crippen molar-refractivity contribution in [2.45, 2.75) is 32.1 Å². The molecule has 0 fully saturated rings. The average Bonchev–Trinajstić information content (AvgIpc) is 3.23. The summed E-state index contributed by atoms with van der Waals surface area (Å²) in [5.41, 5.74) is 4.13. The van der Waals surface area contributed by atoms with Crippen LogP contribution in [0.15, 0.2) is 54.6 Å². The zero-order valence-corrected chi connectivity index (χ0v) is 18.9. The first-order valence-corrected chi connectivity index (χ1v) is 11.8. The fourth-order valence-corrected chi connectivity index (χ4v) is 5.52. The zero-order chi connectivity index (χ0) is 21.9. The molecule has 1 N–H and O–H groups in total. The van der Waals surface area contributed by atoms with Crippen LogP contribution in [-0.4, -0.2) is 29.6 Å². The van der Waals surface area contributed by atoms with E-state index in [-0.39, 0.29) is 5.97 Å². The van der Waals surface area contributed by atoms with Gasteiger partial charge in [0.15, 0.2) is 5.82 Å². The number of rotatable bonds is 6. The van der Waals surface area contributed by atoms with E-state index in [1.54, 1.807) is 23.5 Å². The van der Waals surface area contributed by atoms with E-state index in [1.807, 2.05) is 18.2 Å². The highest BCUT2D eigenvalue weighted by atomic mass is 32.1. The van der Waals surface area contributed by atoms with E-state index in [0.29, 0.717) is 11.4 Å². The van der Waals surface area contributed by atoms with Crippen LogP contribution >= 0.6 is 11.3 Å². The number of carbonyl (C=O) groups excluding carboxylic acids is 1. The van der Waals surface area contributed by atoms with Crippen LogP contribution in [0.3, 0.4) is 0 Å². The topological polar surface area (TPSA) is 64.1 Å². The molecule has 0 radical (unpaired) electrons. The molecule has 1 aliphatic carbocycles. The van der Waals surface area contributed by atoms with Gasteiger partial charge in [0.2, 0.25) is 0 Å². The van der Waals surface area contributed by atoms with Gasteiger partial charge in [-0.2, -0.15) is 0 Å². The molecule has 162 valence electrons. The van der Waals surface area contributed by atoms with Gasteiger partial charge < -0.3 is 10.1 Å². The molecule has 2 aromatic carbocycles. The van der Waals surface area contributed by atoms with Crippen molar-refractivity contribution in [1.29, 1.82) is 0 Å². The maximum absolute atomic E-state index is 11.8. The minimum Gasteiger partial charge on any atom is -0.465 e. The molecule has 0 aliphatic heterocycles. The van der Waals surface area contributed by atoms with Gasteiger partial charge in [0, 0.05) is 17.0 Å². The molecule has 0 unspecified atom stereocenters. The van der Waals surface area contributed by atoms with Crippen molar-refractivity contribution in [1.82, 2.24) is 9.97 Å². The van der Waals surface area contributed by atoms with E-state index < -0.39 is 0 Å². The van der Waals surface area contributed by atoms with E-state index in [1.165, 1.54) is 41.3 Å². The monoisotopic (exact) mass is 443 g/mol. The van der Waals surface area contributed by atoms with E-state index >= 15 is 0 Å². The molecule has 4 aromatic rings. The summed E-state index contributed by atoms with van der Waals surface area (Å²) in [6.07, 6.45) is 5.62. The molecule has 2 aromatic heterocycles. The van der Waals surface area contributed by atoms with E-state index in [2.05, 4.69) is 29.6 Å². The van der Waals surface area contributed by atoms with Crippen molar-refractivity contribution in [3.63, 3.8) is 0 Å². The number of aryl methyl sites for hydroxylation is 2. The SMILES string of the molecule is COC(=O)c1ccc(-c2nc(NCCc3ccccc3)c3c4c(sc3n2)CCCC4)cc1. The molecule has 0 spiro atoms. The number of aromatic nitrogens is 2. The Morgan fingerprint density at radius 1 is 1.03 bits per heavy atom. The van der Waals surface area contributed by atoms with Gasteiger partial charge in [0.1, 0.15) is 10.6 Å². The zero-order valence-electron chi connectivity index (χ0n) is 18.1. The van der Waals surface area contributed by atoms with Gasteiger partial charge in [-0.1, -0.05) is 42.5 Å². The number of carbonyl (C=O) groups is 1. The number of methoxy groups -OCH3 is 1. The van der Waals surface area contributed by atoms with Gasteiger partial charge in [-0.05, 0) is 55.4 Å². The summed E-state index contributed by atoms with van der Waals surface area (Å²) in [7, 11) is 1.39. The van der Waals surface area contributed by atoms with Crippen LogP contribution in [0.25, 0.3) is 21.6 Å². The molecule has 0 saturated heterocycles. The van der Waals surface area contributed by atoms with Crippen LogP contribution in [0.2, 0.25) is 0 Å². The molecule has 0 atom stereocenters. The second kappa shape index (κ2) is 9.09. The molecule has 0 saturated carbocycles. The fourth-order valence-electron chi connectivity index (χ4n) is 4.26. The molecule has 0 amide bonds. The molecule has 32 heavy (non-hydrogen) atoms. The van der Waals surface area contributed by atoms with Crippen LogP contribution in [-0.2, 0) is 24.0 Å². The summed E-state index contributed by atoms with van der Waals surface area (Å²) in [5, 5.41) is 4.79. The fraction of sp³-hybridized carbons (Fsp3) is 0.269. The number of nitrogens with zero attached hydrogens (tertiary/aromatic N) is 2. The van der Waals surface area contributed by atoms with E-state index in [4.69, 9.17) is 14.7 Å². The predicted octanol–water partition coefficient (Wildman–Crippen LogP) is 5.68. The Morgan fingerprint density at radius 2 is 1.81 bits per heavy atom. The van der Waals surface area contributed by atoms with Gasteiger partial charge >= 0.3 is 5.97 Å². The third kappa shape index (κ3) is 4.10. The highest BCUT2D eigenvalue weighted by Gasteiger charge is 2.21. The van der Waals surface area contributed by atoms with Crippen LogP contribution < -0.4 is 5.32 Å². The smallest absolute Gasteiger partial charge is 0.337 e. The van der Waals surface area contributed by atoms with Crippen molar-refractivity contribution in [3.05, 3.63) is 76.2 Å². The lowest BCUT2D eigenvalue weighted by molar-refractivity contribution is 0.0600. The lowest BCUT2D eigenvalue weighted by Gasteiger charge is -2.13. The lowest BCUT2D eigenvalue weighted by atomic mass is 9.97. The second-order valence-corrected chi connectivity index (χ2v) is 9.10. The number of thiophene rings is 1. The third-order valence-electron chi connectivity index (χ3n) is 5.93. The summed E-state index contributed by atoms with van der Waals surface area (Å²) in [4.78, 5) is 24.1. The van der Waals surface area contributed by atoms with Gasteiger partial charge in [-0.25, -0.2) is 14.8 Å². The minimum absolute atomic E-state index is 0.345. The number of benzene rings is 2. The molecule has 6 heteroatoms. The molecule has 0 bridgehead atoms. The van der Waals surface area contributed by atoms with E-state index in [0.717, 1.165) is 42.0 Å². The Balaban J connectivity index is 1.50. The Bertz CT molecular complexity index is 1250. The van der Waals surface area contributed by atoms with E-state index in [9.17, 15) is 4.79 Å². The number of hydrogen-bond acceptors (Lipinski definition) is 6. The van der Waals surface area contributed by atoms with Gasteiger partial charge in [0.05, 0.1) is 18.1 Å². The average molecular weight is 444 g/mol. The summed E-state index contributed by atoms with van der Waals surface area (Å²) >= 11 is 1.80. The molecular weight excluding hydrogens is 418 g/mol. The van der Waals surface area contributed by atoms with Crippen molar-refractivity contribution >= 4 is 33.3 Å². The second-order valence-electron chi connectivity index (χ2n) is 8.02. The first kappa shape index (κ1) is 20.6. The number of esters is 1. The summed E-state index contributed by atoms with van der Waals surface area (Å²) < 4.78 is 4.81. The van der Waals surface area contributed by atoms with Crippen molar-refractivity contribution < 1.29 is 9.53 Å². The highest BCUT2D eigenvalue weighted by Crippen LogP contribution is 2.39. The van der Waals surface area contributed by atoms with Crippen molar-refractivity contribution in [2.24, 2.45) is 0 Å². The molecule has 5 nitrogen and oxygen atoms in total. The predicted molar refractivity (Wildman–Crippen MR) is 129 cm³/mol. The lowest BCUT2D eigenvalue weighted by Crippen LogP contribution is -2.09. The number of ether oxygens (including phenoxy) is 1. The Kier molecular flexibility index (Phi) is 5.86. The Hall–Kier alpha value is -3.25. The quantitative estimate of drug-likeness (QED) is 0.389. The molecular formula is C26H25N3O2S. The highest BCUT2D eigenvalue weighted by molar-refractivity contribution is 7.19. The summed E-state index contributed by atoms with van der Waals surface area (Å²) in [6, 6.07) is 17.8. The first-order valence-electron chi connectivity index (χ1n) is 11.0. The normalized spacial score (nSPS) is 13.0. The van der Waals surface area contributed by atoms with Crippen LogP contribution in [0.1, 0.15) is 39.2 Å². The maximum Gasteiger partial charge on any atom is 0.337 e. The van der Waals surface area contributed by atoms with Gasteiger partial charge in [0.25, 0.3) is 0 Å². The number of nitrogens with one attached hydrogen (secondary N) is 1. The van der Waals surface area contributed by atoms with Crippen LogP contribution in [0.5, 0.6) is 0 Å². The standard InChI is InChI=1S/C26H25N3O2S/c1-31-26(30)19-13-11-18(12-14-19)23-28-24(27-16-15-17-7-3-2-4-8-17)22-20-9-5-6-10-21(20)32-25(22)29-23/h2-4,7-8,11-14H,5-6,9-10,15-16H2,1H3,(H,27,28,29). The van der Waals surface area contributed by atoms with Crippen molar-refractivity contribution in [3.8, 4) is 11.4 Å². The first-order chi connectivity index (χ1) is 15.7. The number of anilines is 1. The maximum atomic E-state index is 11.8. The minimum atomic E-state index is -0.345. The number of fused-ring (bicyclic) bond motifs is 3. The molecule has 5 rings (SSSR count).